The number of nitrogens with zero attached hydrogens (tertiary/aromatic N) is 2. The highest BCUT2D eigenvalue weighted by Crippen LogP contribution is 2.27. The van der Waals surface area contributed by atoms with Gasteiger partial charge in [-0.25, -0.2) is 0 Å². The van der Waals surface area contributed by atoms with Crippen LogP contribution in [0.4, 0.5) is 0 Å². The summed E-state index contributed by atoms with van der Waals surface area (Å²) in [7, 11) is 0. The summed E-state index contributed by atoms with van der Waals surface area (Å²) < 4.78 is 0. The van der Waals surface area contributed by atoms with Crippen LogP contribution in [0.2, 0.25) is 0 Å². The minimum atomic E-state index is -2.24. The number of rotatable bonds is 5. The fraction of sp³-hybridized carbons (Fsp3) is 0.647. The van der Waals surface area contributed by atoms with Gasteiger partial charge in [-0.05, 0) is 31.5 Å². The monoisotopic (exact) mass is 797 g/mol. The minimum absolute atomic E-state index is 0.0501. The fourth-order valence-corrected chi connectivity index (χ4v) is 6.92. The van der Waals surface area contributed by atoms with E-state index in [0.717, 1.165) is 35.8 Å². The molecule has 0 aromatic heterocycles. The summed E-state index contributed by atoms with van der Waals surface area (Å²) in [5.74, 6) is -8.12. The molecule has 0 aliphatic carbocycles. The Morgan fingerprint density at radius 3 is 1.80 bits per heavy atom. The first kappa shape index (κ1) is 44.2. The number of carbonyl (C=O) groups excluding carboxylic acids is 6. The Morgan fingerprint density at radius 1 is 0.696 bits per heavy atom. The average molecular weight is 798 g/mol. The number of nitrogens with one attached hydrogen (secondary N) is 4. The Morgan fingerprint density at radius 2 is 1.23 bits per heavy atom. The number of benzene rings is 1. The van der Waals surface area contributed by atoms with Gasteiger partial charge in [0.2, 0.25) is 35.4 Å². The molecule has 3 aliphatic heterocycles. The second-order valence-electron chi connectivity index (χ2n) is 14.6. The largest absolute Gasteiger partial charge is 0.508 e. The van der Waals surface area contributed by atoms with E-state index in [2.05, 4.69) is 16.0 Å². The van der Waals surface area contributed by atoms with Crippen LogP contribution in [0, 0.1) is 5.92 Å². The van der Waals surface area contributed by atoms with Crippen molar-refractivity contribution in [1.82, 2.24) is 31.1 Å². The lowest BCUT2D eigenvalue weighted by atomic mass is 9.96. The Kier molecular flexibility index (Phi) is 14.3. The van der Waals surface area contributed by atoms with Crippen molar-refractivity contribution in [1.29, 1.82) is 0 Å². The van der Waals surface area contributed by atoms with Crippen LogP contribution in [0.1, 0.15) is 45.3 Å². The zero-order chi connectivity index (χ0) is 41.9. The normalized spacial score (nSPS) is 35.2. The number of hydrogen-bond donors (Lipinski definition) is 14. The van der Waals surface area contributed by atoms with Gasteiger partial charge in [0.05, 0.1) is 30.5 Å². The van der Waals surface area contributed by atoms with Crippen molar-refractivity contribution in [2.75, 3.05) is 13.1 Å². The number of phenolic OH excluding ortho intramolecular Hbond substituents is 1. The van der Waals surface area contributed by atoms with E-state index in [4.69, 9.17) is 5.73 Å². The van der Waals surface area contributed by atoms with Crippen LogP contribution in [0.5, 0.6) is 5.75 Å². The molecule has 15 N–H and O–H groups in total. The first-order valence-corrected chi connectivity index (χ1v) is 18.0. The van der Waals surface area contributed by atoms with Crippen molar-refractivity contribution in [3.8, 4) is 5.75 Å². The number of carbonyl (C=O) groups is 6. The van der Waals surface area contributed by atoms with E-state index < -0.39 is 146 Å². The molecular weight excluding hydrogens is 746 g/mol. The van der Waals surface area contributed by atoms with E-state index >= 15 is 0 Å². The zero-order valence-corrected chi connectivity index (χ0v) is 30.7. The molecule has 22 heteroatoms. The van der Waals surface area contributed by atoms with E-state index in [-0.39, 0.29) is 17.9 Å². The molecule has 3 fully saturated rings. The van der Waals surface area contributed by atoms with Gasteiger partial charge in [-0.1, -0.05) is 19.1 Å². The highest BCUT2D eigenvalue weighted by molar-refractivity contribution is 5.98. The Bertz CT molecular complexity index is 1620. The smallest absolute Gasteiger partial charge is 0.248 e. The number of phenols is 1. The molecule has 3 aliphatic rings. The third-order valence-electron chi connectivity index (χ3n) is 10.2. The van der Waals surface area contributed by atoms with Crippen molar-refractivity contribution in [3.05, 3.63) is 29.8 Å². The van der Waals surface area contributed by atoms with Crippen LogP contribution in [-0.2, 0) is 28.8 Å². The van der Waals surface area contributed by atoms with Crippen LogP contribution in [0.25, 0.3) is 0 Å². The predicted octanol–water partition coefficient (Wildman–Crippen LogP) is -7.30. The lowest BCUT2D eigenvalue weighted by Crippen LogP contribution is -2.64. The summed E-state index contributed by atoms with van der Waals surface area (Å²) in [6, 6.07) is -6.28. The highest BCUT2D eigenvalue weighted by Gasteiger charge is 2.50. The number of nitrogens with two attached hydrogens (primary N) is 1. The van der Waals surface area contributed by atoms with Gasteiger partial charge in [0, 0.05) is 31.8 Å². The molecule has 1 aromatic rings. The first-order chi connectivity index (χ1) is 26.1. The molecule has 312 valence electrons. The fourth-order valence-electron chi connectivity index (χ4n) is 6.92. The molecule has 3 heterocycles. The van der Waals surface area contributed by atoms with Crippen molar-refractivity contribution in [2.24, 2.45) is 11.7 Å². The number of aliphatic hydroxyl groups is 8. The van der Waals surface area contributed by atoms with E-state index in [0.29, 0.717) is 0 Å². The van der Waals surface area contributed by atoms with Gasteiger partial charge in [-0.3, -0.25) is 28.8 Å². The molecule has 0 saturated carbocycles. The third-order valence-corrected chi connectivity index (χ3v) is 10.2. The van der Waals surface area contributed by atoms with Gasteiger partial charge in [0.15, 0.2) is 6.23 Å². The van der Waals surface area contributed by atoms with E-state index in [1.54, 1.807) is 0 Å². The molecular formula is C34H51N7O15. The SMILES string of the molecule is C[C@@H](O)[C@@H]1NC(=O)[C@H]([C@H](O)[C@H](O)c2ccc(O)cc2)NC(=O)[C@@H]2C[C@@H](O)CN2C(=O)[C@H]([C@@H](C)O)NC(=O)[C@@H](N)C[C@@H](O)[C@@H](O)NC(=O)[C@@H]2[C@@H](O)[C@@H](C)CN2C1=O. The minimum Gasteiger partial charge on any atom is -0.508 e. The van der Waals surface area contributed by atoms with E-state index in [9.17, 15) is 74.7 Å². The summed E-state index contributed by atoms with van der Waals surface area (Å²) in [6.45, 7) is 2.85. The molecule has 6 amide bonds. The standard InChI is InChI=1S/C34H51N7O15/c1-12-10-41-24(25(12)47)32(54)39-30(52)20(46)9-18(35)28(50)36-21(13(2)42)33(55)40-11-17(45)8-19(40)29(51)38-23(31(53)37-22(14(3)43)34(41)56)27(49)26(48)15-4-6-16(44)7-5-15/h4-7,12-14,17-27,30,42-49,52H,8-11,35H2,1-3H3,(H,36,50)(H,37,53)(H,38,51)(H,39,54)/t12-,13+,14+,17+,18-,19-,20+,21-,22-,23-,24-,25-,26+,27-,30+/m0/s1. The first-order valence-electron chi connectivity index (χ1n) is 18.0. The van der Waals surface area contributed by atoms with Gasteiger partial charge in [-0.15, -0.1) is 0 Å². The molecule has 22 nitrogen and oxygen atoms in total. The number of fused-ring (bicyclic) bond motifs is 2. The molecule has 3 saturated heterocycles. The van der Waals surface area contributed by atoms with Crippen molar-refractivity contribution >= 4 is 35.4 Å². The van der Waals surface area contributed by atoms with Crippen molar-refractivity contribution in [3.63, 3.8) is 0 Å². The second kappa shape index (κ2) is 18.2. The molecule has 0 bridgehead atoms. The second-order valence-corrected chi connectivity index (χ2v) is 14.6. The number of amides is 6. The quantitative estimate of drug-likeness (QED) is 0.132. The maximum Gasteiger partial charge on any atom is 0.248 e. The van der Waals surface area contributed by atoms with Gasteiger partial charge in [0.1, 0.15) is 54.3 Å². The van der Waals surface area contributed by atoms with Crippen molar-refractivity contribution in [2.45, 2.75) is 119 Å². The Balaban J connectivity index is 1.80. The molecule has 0 spiro atoms. The molecule has 0 radical (unpaired) electrons. The van der Waals surface area contributed by atoms with Gasteiger partial charge in [0.25, 0.3) is 0 Å². The van der Waals surface area contributed by atoms with E-state index in [1.807, 2.05) is 5.32 Å². The Labute approximate surface area is 320 Å². The van der Waals surface area contributed by atoms with Gasteiger partial charge < -0.3 is 82.8 Å². The summed E-state index contributed by atoms with van der Waals surface area (Å²) in [5, 5.41) is 105. The summed E-state index contributed by atoms with van der Waals surface area (Å²) >= 11 is 0. The highest BCUT2D eigenvalue weighted by atomic mass is 16.3. The molecule has 4 rings (SSSR count). The lowest BCUT2D eigenvalue weighted by Gasteiger charge is -2.34. The molecule has 0 unspecified atom stereocenters. The average Bonchev–Trinajstić information content (AvgIpc) is 3.68. The van der Waals surface area contributed by atoms with E-state index in [1.165, 1.54) is 19.1 Å². The zero-order valence-electron chi connectivity index (χ0n) is 30.7. The van der Waals surface area contributed by atoms with Gasteiger partial charge >= 0.3 is 0 Å². The van der Waals surface area contributed by atoms with Crippen LogP contribution >= 0.6 is 0 Å². The Hall–Kier alpha value is -4.52. The summed E-state index contributed by atoms with van der Waals surface area (Å²) in [5.41, 5.74) is 5.88. The van der Waals surface area contributed by atoms with Crippen molar-refractivity contribution < 1.29 is 74.7 Å². The molecule has 15 atom stereocenters. The predicted molar refractivity (Wildman–Crippen MR) is 188 cm³/mol. The van der Waals surface area contributed by atoms with Gasteiger partial charge in [-0.2, -0.15) is 0 Å². The topological polar surface area (TPSA) is 365 Å². The summed E-state index contributed by atoms with van der Waals surface area (Å²) in [6.07, 6.45) is -15.8. The number of hydrogen-bond acceptors (Lipinski definition) is 16. The lowest BCUT2D eigenvalue weighted by molar-refractivity contribution is -0.148. The van der Waals surface area contributed by atoms with Crippen LogP contribution in [0.15, 0.2) is 24.3 Å². The third kappa shape index (κ3) is 9.70. The molecule has 1 aromatic carbocycles. The maximum atomic E-state index is 14.0. The molecule has 56 heavy (non-hydrogen) atoms. The van der Waals surface area contributed by atoms with Crippen LogP contribution in [0.3, 0.4) is 0 Å². The maximum absolute atomic E-state index is 14.0. The summed E-state index contributed by atoms with van der Waals surface area (Å²) in [4.78, 5) is 83.9. The van der Waals surface area contributed by atoms with Crippen LogP contribution < -0.4 is 27.0 Å². The number of aliphatic hydroxyl groups excluding tert-OH is 8. The van der Waals surface area contributed by atoms with Crippen LogP contribution in [-0.4, -0.2) is 183 Å². The number of aromatic hydroxyl groups is 1.